The molecule has 50 heavy (non-hydrogen) atoms. The van der Waals surface area contributed by atoms with Gasteiger partial charge in [0, 0.05) is 12.8 Å². The number of esters is 2. The van der Waals surface area contributed by atoms with E-state index in [-0.39, 0.29) is 19.0 Å². The Labute approximate surface area is 307 Å². The van der Waals surface area contributed by atoms with Crippen LogP contribution in [0.3, 0.4) is 0 Å². The summed E-state index contributed by atoms with van der Waals surface area (Å²) in [7, 11) is 0. The first kappa shape index (κ1) is 47.6. The van der Waals surface area contributed by atoms with E-state index in [0.29, 0.717) is 19.3 Å². The van der Waals surface area contributed by atoms with E-state index in [1.807, 2.05) is 18.2 Å². The molecule has 0 rings (SSSR count). The Morgan fingerprint density at radius 2 is 1.10 bits per heavy atom. The quantitative estimate of drug-likeness (QED) is 0.0296. The summed E-state index contributed by atoms with van der Waals surface area (Å²) in [5.74, 6) is 0.0960. The van der Waals surface area contributed by atoms with Crippen molar-refractivity contribution >= 4 is 11.9 Å². The summed E-state index contributed by atoms with van der Waals surface area (Å²) in [5.41, 5.74) is 0. The smallest absolute Gasteiger partial charge is 0.306 e. The van der Waals surface area contributed by atoms with Crippen LogP contribution in [0.25, 0.3) is 0 Å². The van der Waals surface area contributed by atoms with Gasteiger partial charge in [0.1, 0.15) is 6.61 Å². The van der Waals surface area contributed by atoms with Gasteiger partial charge in [-0.05, 0) is 50.9 Å². The molecule has 288 valence electrons. The first-order chi connectivity index (χ1) is 24.4. The number of carbonyl (C=O) groups excluding carboxylic acids is 2. The SMILES string of the molecule is CC/C=C\C/C=C\C/C=C\C/C=C\C=C\C(O)CCCC(=O)OC[C@H](CO)OC(=O)CCCCCCCCCCCCCCCCC(C)CC. The lowest BCUT2D eigenvalue weighted by Gasteiger charge is -2.16. The van der Waals surface area contributed by atoms with E-state index in [4.69, 9.17) is 9.47 Å². The van der Waals surface area contributed by atoms with Crippen molar-refractivity contribution in [2.45, 2.75) is 187 Å². The van der Waals surface area contributed by atoms with E-state index in [0.717, 1.165) is 50.9 Å². The molecular formula is C44H76O6. The highest BCUT2D eigenvalue weighted by Crippen LogP contribution is 2.16. The third-order valence-corrected chi connectivity index (χ3v) is 8.97. The first-order valence-corrected chi connectivity index (χ1v) is 20.3. The molecule has 0 bridgehead atoms. The summed E-state index contributed by atoms with van der Waals surface area (Å²) in [6, 6.07) is 0. The molecule has 2 unspecified atom stereocenters. The molecule has 6 heteroatoms. The summed E-state index contributed by atoms with van der Waals surface area (Å²) >= 11 is 0. The van der Waals surface area contributed by atoms with E-state index in [1.165, 1.54) is 83.5 Å². The largest absolute Gasteiger partial charge is 0.462 e. The van der Waals surface area contributed by atoms with Crippen molar-refractivity contribution in [3.8, 4) is 0 Å². The van der Waals surface area contributed by atoms with Crippen LogP contribution < -0.4 is 0 Å². The number of hydrogen-bond acceptors (Lipinski definition) is 6. The molecule has 0 heterocycles. The van der Waals surface area contributed by atoms with Crippen LogP contribution in [-0.2, 0) is 19.1 Å². The number of allylic oxidation sites excluding steroid dienone is 9. The molecular weight excluding hydrogens is 624 g/mol. The highest BCUT2D eigenvalue weighted by atomic mass is 16.6. The van der Waals surface area contributed by atoms with Gasteiger partial charge in [-0.2, -0.15) is 0 Å². The van der Waals surface area contributed by atoms with Crippen molar-refractivity contribution in [2.24, 2.45) is 5.92 Å². The highest BCUT2D eigenvalue weighted by Gasteiger charge is 2.16. The number of unbranched alkanes of at least 4 members (excludes halogenated alkanes) is 13. The van der Waals surface area contributed by atoms with Gasteiger partial charge in [0.2, 0.25) is 0 Å². The monoisotopic (exact) mass is 701 g/mol. The fourth-order valence-corrected chi connectivity index (χ4v) is 5.50. The van der Waals surface area contributed by atoms with E-state index >= 15 is 0 Å². The summed E-state index contributed by atoms with van der Waals surface area (Å²) in [4.78, 5) is 24.3. The lowest BCUT2D eigenvalue weighted by Crippen LogP contribution is -2.28. The molecule has 0 aliphatic carbocycles. The number of ether oxygens (including phenoxy) is 2. The van der Waals surface area contributed by atoms with Gasteiger partial charge in [-0.3, -0.25) is 9.59 Å². The van der Waals surface area contributed by atoms with Gasteiger partial charge in [-0.1, -0.05) is 178 Å². The van der Waals surface area contributed by atoms with Crippen molar-refractivity contribution in [1.82, 2.24) is 0 Å². The van der Waals surface area contributed by atoms with Gasteiger partial charge in [-0.25, -0.2) is 0 Å². The van der Waals surface area contributed by atoms with Gasteiger partial charge in [-0.15, -0.1) is 0 Å². The molecule has 0 aromatic heterocycles. The van der Waals surface area contributed by atoms with Crippen LogP contribution in [0, 0.1) is 5.92 Å². The number of aliphatic hydroxyl groups excluding tert-OH is 2. The maximum Gasteiger partial charge on any atom is 0.306 e. The summed E-state index contributed by atoms with van der Waals surface area (Å²) in [5, 5.41) is 19.7. The topological polar surface area (TPSA) is 93.1 Å². The van der Waals surface area contributed by atoms with Crippen molar-refractivity contribution in [3.63, 3.8) is 0 Å². The number of aliphatic hydroxyl groups is 2. The van der Waals surface area contributed by atoms with Gasteiger partial charge >= 0.3 is 11.9 Å². The Bertz CT molecular complexity index is 917. The molecule has 0 fully saturated rings. The van der Waals surface area contributed by atoms with Crippen molar-refractivity contribution in [2.75, 3.05) is 13.2 Å². The zero-order chi connectivity index (χ0) is 36.8. The molecule has 6 nitrogen and oxygen atoms in total. The Balaban J connectivity index is 3.74. The van der Waals surface area contributed by atoms with Crippen molar-refractivity contribution in [1.29, 1.82) is 0 Å². The number of rotatable bonds is 35. The van der Waals surface area contributed by atoms with E-state index < -0.39 is 24.8 Å². The van der Waals surface area contributed by atoms with Gasteiger partial charge in [0.15, 0.2) is 6.10 Å². The van der Waals surface area contributed by atoms with Crippen LogP contribution in [0.4, 0.5) is 0 Å². The minimum absolute atomic E-state index is 0.152. The van der Waals surface area contributed by atoms with Crippen LogP contribution in [0.2, 0.25) is 0 Å². The van der Waals surface area contributed by atoms with Crippen LogP contribution >= 0.6 is 0 Å². The van der Waals surface area contributed by atoms with Gasteiger partial charge in [0.05, 0.1) is 12.7 Å². The molecule has 2 N–H and O–H groups in total. The molecule has 0 aliphatic heterocycles. The van der Waals surface area contributed by atoms with Crippen molar-refractivity contribution < 1.29 is 29.3 Å². The zero-order valence-electron chi connectivity index (χ0n) is 32.4. The Kier molecular flexibility index (Phi) is 36.0. The van der Waals surface area contributed by atoms with E-state index in [9.17, 15) is 19.8 Å². The number of carbonyl (C=O) groups is 2. The zero-order valence-corrected chi connectivity index (χ0v) is 32.4. The van der Waals surface area contributed by atoms with Crippen LogP contribution in [0.5, 0.6) is 0 Å². The lowest BCUT2D eigenvalue weighted by molar-refractivity contribution is -0.161. The Hall–Kier alpha value is -2.44. The van der Waals surface area contributed by atoms with Gasteiger partial charge in [0.25, 0.3) is 0 Å². The summed E-state index contributed by atoms with van der Waals surface area (Å²) < 4.78 is 10.5. The molecule has 0 radical (unpaired) electrons. The first-order valence-electron chi connectivity index (χ1n) is 20.3. The average Bonchev–Trinajstić information content (AvgIpc) is 3.11. The molecule has 0 aromatic carbocycles. The molecule has 0 aliphatic rings. The van der Waals surface area contributed by atoms with Crippen LogP contribution in [0.15, 0.2) is 60.8 Å². The predicted molar refractivity (Wildman–Crippen MR) is 211 cm³/mol. The average molecular weight is 701 g/mol. The maximum absolute atomic E-state index is 12.2. The lowest BCUT2D eigenvalue weighted by atomic mass is 9.99. The summed E-state index contributed by atoms with van der Waals surface area (Å²) in [6.45, 7) is 6.23. The minimum atomic E-state index is -0.847. The fraction of sp³-hybridized carbons (Fsp3) is 0.727. The minimum Gasteiger partial charge on any atom is -0.462 e. The molecule has 0 amide bonds. The molecule has 0 saturated heterocycles. The van der Waals surface area contributed by atoms with Gasteiger partial charge < -0.3 is 19.7 Å². The Morgan fingerprint density at radius 3 is 1.64 bits per heavy atom. The second-order valence-corrected chi connectivity index (χ2v) is 13.8. The second kappa shape index (κ2) is 37.8. The summed E-state index contributed by atoms with van der Waals surface area (Å²) in [6.07, 6.45) is 44.5. The fourth-order valence-electron chi connectivity index (χ4n) is 5.50. The predicted octanol–water partition coefficient (Wildman–Crippen LogP) is 11.6. The normalized spacial score (nSPS) is 14.1. The maximum atomic E-state index is 12.2. The van der Waals surface area contributed by atoms with E-state index in [1.54, 1.807) is 6.08 Å². The molecule has 3 atom stereocenters. The van der Waals surface area contributed by atoms with Crippen LogP contribution in [0.1, 0.15) is 175 Å². The van der Waals surface area contributed by atoms with Crippen molar-refractivity contribution in [3.05, 3.63) is 60.8 Å². The van der Waals surface area contributed by atoms with Crippen LogP contribution in [-0.4, -0.2) is 47.6 Å². The number of hydrogen-bond donors (Lipinski definition) is 2. The third kappa shape index (κ3) is 35.4. The second-order valence-electron chi connectivity index (χ2n) is 13.8. The third-order valence-electron chi connectivity index (χ3n) is 8.97. The molecule has 0 saturated carbocycles. The molecule has 0 aromatic rings. The molecule has 0 spiro atoms. The highest BCUT2D eigenvalue weighted by molar-refractivity contribution is 5.70. The standard InChI is InChI=1S/C44H76O6/c1-4-6-7-8-9-10-11-14-18-21-24-27-30-34-41(46)35-32-37-43(47)49-39-42(38-45)50-44(48)36-31-28-25-22-19-16-13-12-15-17-20-23-26-29-33-40(3)5-2/h6-7,9-10,14,18,24,27,30,34,40-42,45-46H,4-5,8,11-13,15-17,19-23,25-26,28-29,31-33,35-39H2,1-3H3/b7-6-,10-9-,18-14-,27-24-,34-30+/t40?,41?,42-/m0/s1. The van der Waals surface area contributed by atoms with E-state index in [2.05, 4.69) is 57.2 Å². The Morgan fingerprint density at radius 1 is 0.600 bits per heavy atom.